The fraction of sp³-hybridized carbons (Fsp3) is 0.355. The number of benzene rings is 2. The zero-order chi connectivity index (χ0) is 27.1. The van der Waals surface area contributed by atoms with E-state index in [1.807, 2.05) is 17.0 Å². The van der Waals surface area contributed by atoms with Gasteiger partial charge in [0.15, 0.2) is 0 Å². The molecule has 4 aromatic rings. The Kier molecular flexibility index (Phi) is 6.64. The van der Waals surface area contributed by atoms with Gasteiger partial charge in [0.2, 0.25) is 5.91 Å². The number of aryl methyl sites for hydroxylation is 2. The summed E-state index contributed by atoms with van der Waals surface area (Å²) in [5, 5.41) is 11.5. The number of carbonyl (C=O) groups excluding carboxylic acids is 1. The van der Waals surface area contributed by atoms with Crippen LogP contribution in [0.15, 0.2) is 60.8 Å². The van der Waals surface area contributed by atoms with E-state index in [0.29, 0.717) is 12.5 Å². The molecule has 2 aliphatic rings. The quantitative estimate of drug-likeness (QED) is 0.241. The lowest BCUT2D eigenvalue weighted by Gasteiger charge is -2.38. The molecule has 6 rings (SSSR count). The van der Waals surface area contributed by atoms with Gasteiger partial charge >= 0.3 is 0 Å². The fourth-order valence-corrected chi connectivity index (χ4v) is 5.70. The summed E-state index contributed by atoms with van der Waals surface area (Å²) in [5.41, 5.74) is 8.02. The third-order valence-corrected chi connectivity index (χ3v) is 8.26. The number of hydrogen-bond acceptors (Lipinski definition) is 5. The van der Waals surface area contributed by atoms with Crippen molar-refractivity contribution in [2.75, 3.05) is 26.2 Å². The van der Waals surface area contributed by atoms with E-state index in [9.17, 15) is 14.9 Å². The molecule has 39 heavy (non-hydrogen) atoms. The van der Waals surface area contributed by atoms with Gasteiger partial charge in [-0.2, -0.15) is 0 Å². The molecule has 0 unspecified atom stereocenters. The predicted octanol–water partition coefficient (Wildman–Crippen LogP) is 5.64. The minimum absolute atomic E-state index is 0.0506. The second kappa shape index (κ2) is 10.3. The molecular formula is C31H33N5O3. The van der Waals surface area contributed by atoms with Crippen molar-refractivity contribution >= 4 is 17.2 Å². The predicted molar refractivity (Wildman–Crippen MR) is 151 cm³/mol. The first-order valence-corrected chi connectivity index (χ1v) is 13.7. The number of hydrogen-bond donors (Lipinski definition) is 0. The molecule has 2 fully saturated rings. The summed E-state index contributed by atoms with van der Waals surface area (Å²) in [7, 11) is 0. The molecule has 2 aromatic heterocycles. The third kappa shape index (κ3) is 4.92. The molecule has 0 radical (unpaired) electrons. The number of nitro groups is 1. The number of piperazine rings is 1. The smallest absolute Gasteiger partial charge is 0.270 e. The molecule has 200 valence electrons. The van der Waals surface area contributed by atoms with Gasteiger partial charge in [-0.15, -0.1) is 0 Å². The van der Waals surface area contributed by atoms with Crippen molar-refractivity contribution in [2.45, 2.75) is 39.7 Å². The van der Waals surface area contributed by atoms with Crippen LogP contribution in [0.4, 0.5) is 5.69 Å². The minimum atomic E-state index is -0.365. The summed E-state index contributed by atoms with van der Waals surface area (Å²) in [6.45, 7) is 7.89. The Morgan fingerprint density at radius 1 is 1.00 bits per heavy atom. The number of fused-ring (bicyclic) bond motifs is 1. The van der Waals surface area contributed by atoms with E-state index in [2.05, 4.69) is 53.6 Å². The zero-order valence-electron chi connectivity index (χ0n) is 22.5. The summed E-state index contributed by atoms with van der Waals surface area (Å²) < 4.78 is 2.14. The van der Waals surface area contributed by atoms with Crippen LogP contribution in [-0.4, -0.2) is 56.2 Å². The van der Waals surface area contributed by atoms with Crippen LogP contribution in [-0.2, 0) is 11.3 Å². The molecule has 1 aliphatic heterocycles. The molecule has 0 N–H and O–H groups in total. The van der Waals surface area contributed by atoms with Crippen LogP contribution in [0.3, 0.4) is 0 Å². The van der Waals surface area contributed by atoms with Crippen molar-refractivity contribution in [3.8, 4) is 22.4 Å². The maximum absolute atomic E-state index is 12.8. The van der Waals surface area contributed by atoms with Crippen LogP contribution >= 0.6 is 0 Å². The first-order chi connectivity index (χ1) is 18.9. The minimum Gasteiger partial charge on any atom is -0.340 e. The van der Waals surface area contributed by atoms with E-state index in [-0.39, 0.29) is 16.5 Å². The number of nitro benzene ring substituents is 1. The Morgan fingerprint density at radius 3 is 2.51 bits per heavy atom. The van der Waals surface area contributed by atoms with E-state index in [1.54, 1.807) is 12.1 Å². The summed E-state index contributed by atoms with van der Waals surface area (Å²) in [4.78, 5) is 33.3. The standard InChI is InChI=1S/C31H33N5O3/c1-21-9-10-22(2)27(17-21)25-11-12-29-32-30(24-7-4-8-26(18-24)36(38)39)28(35(29)19-25)20-33-13-15-34(16-14-33)31(37)23-5-3-6-23/h4,7-12,17-19,23H,3,5-6,13-16,20H2,1-2H3. The van der Waals surface area contributed by atoms with Crippen molar-refractivity contribution in [2.24, 2.45) is 5.92 Å². The molecule has 1 saturated heterocycles. The largest absolute Gasteiger partial charge is 0.340 e. The monoisotopic (exact) mass is 523 g/mol. The highest BCUT2D eigenvalue weighted by molar-refractivity contribution is 5.79. The average molecular weight is 524 g/mol. The second-order valence-corrected chi connectivity index (χ2v) is 10.9. The molecule has 2 aromatic carbocycles. The SMILES string of the molecule is Cc1ccc(C)c(-c2ccc3nc(-c4cccc([N+](=O)[O-])c4)c(CN4CCN(C(=O)C5CCC5)CC4)n3c2)c1. The normalized spacial score (nSPS) is 16.4. The maximum Gasteiger partial charge on any atom is 0.270 e. The second-order valence-electron chi connectivity index (χ2n) is 10.9. The number of nitrogens with zero attached hydrogens (tertiary/aromatic N) is 5. The van der Waals surface area contributed by atoms with E-state index >= 15 is 0 Å². The highest BCUT2D eigenvalue weighted by Gasteiger charge is 2.31. The van der Waals surface area contributed by atoms with Gasteiger partial charge < -0.3 is 9.30 Å². The van der Waals surface area contributed by atoms with Gasteiger partial charge in [-0.3, -0.25) is 19.8 Å². The van der Waals surface area contributed by atoms with Gasteiger partial charge in [-0.25, -0.2) is 4.98 Å². The molecule has 1 amide bonds. The molecule has 1 aliphatic carbocycles. The lowest BCUT2D eigenvalue weighted by molar-refractivity contribution is -0.384. The molecule has 0 spiro atoms. The van der Waals surface area contributed by atoms with Crippen molar-refractivity contribution in [3.63, 3.8) is 0 Å². The number of rotatable bonds is 6. The number of imidazole rings is 1. The average Bonchev–Trinajstić information content (AvgIpc) is 3.27. The fourth-order valence-electron chi connectivity index (χ4n) is 5.70. The summed E-state index contributed by atoms with van der Waals surface area (Å²) in [6, 6.07) is 17.3. The van der Waals surface area contributed by atoms with Gasteiger partial charge in [0, 0.05) is 62.5 Å². The number of amides is 1. The molecule has 8 heteroatoms. The van der Waals surface area contributed by atoms with Gasteiger partial charge in [0.25, 0.3) is 5.69 Å². The van der Waals surface area contributed by atoms with Gasteiger partial charge in [0.05, 0.1) is 16.3 Å². The Hall–Kier alpha value is -4.04. The van der Waals surface area contributed by atoms with E-state index < -0.39 is 0 Å². The van der Waals surface area contributed by atoms with Crippen LogP contribution in [0.1, 0.15) is 36.1 Å². The zero-order valence-corrected chi connectivity index (χ0v) is 22.5. The van der Waals surface area contributed by atoms with E-state index in [1.165, 1.54) is 22.8 Å². The van der Waals surface area contributed by atoms with Crippen molar-refractivity contribution in [3.05, 3.63) is 87.7 Å². The Morgan fingerprint density at radius 2 is 1.79 bits per heavy atom. The van der Waals surface area contributed by atoms with Crippen LogP contribution in [0.2, 0.25) is 0 Å². The summed E-state index contributed by atoms with van der Waals surface area (Å²) in [5.74, 6) is 0.533. The highest BCUT2D eigenvalue weighted by Crippen LogP contribution is 2.32. The lowest BCUT2D eigenvalue weighted by Crippen LogP contribution is -2.50. The van der Waals surface area contributed by atoms with Crippen molar-refractivity contribution in [1.82, 2.24) is 19.2 Å². The Labute approximate surface area is 228 Å². The van der Waals surface area contributed by atoms with Crippen LogP contribution in [0.25, 0.3) is 28.0 Å². The van der Waals surface area contributed by atoms with Crippen LogP contribution in [0.5, 0.6) is 0 Å². The van der Waals surface area contributed by atoms with Crippen molar-refractivity contribution < 1.29 is 9.72 Å². The highest BCUT2D eigenvalue weighted by atomic mass is 16.6. The third-order valence-electron chi connectivity index (χ3n) is 8.26. The molecule has 0 atom stereocenters. The number of non-ortho nitro benzene ring substituents is 1. The topological polar surface area (TPSA) is 84.0 Å². The summed E-state index contributed by atoms with van der Waals surface area (Å²) in [6.07, 6.45) is 5.35. The van der Waals surface area contributed by atoms with Crippen LogP contribution in [0, 0.1) is 29.9 Å². The summed E-state index contributed by atoms with van der Waals surface area (Å²) >= 11 is 0. The van der Waals surface area contributed by atoms with E-state index in [0.717, 1.165) is 73.6 Å². The first kappa shape index (κ1) is 25.2. The maximum atomic E-state index is 12.8. The Balaban J connectivity index is 1.37. The molecule has 3 heterocycles. The van der Waals surface area contributed by atoms with Gasteiger partial charge in [0.1, 0.15) is 5.65 Å². The first-order valence-electron chi connectivity index (χ1n) is 13.7. The molecular weight excluding hydrogens is 490 g/mol. The Bertz CT molecular complexity index is 1560. The number of aromatic nitrogens is 2. The van der Waals surface area contributed by atoms with Crippen molar-refractivity contribution in [1.29, 1.82) is 0 Å². The number of pyridine rings is 1. The molecule has 1 saturated carbocycles. The van der Waals surface area contributed by atoms with Crippen LogP contribution < -0.4 is 0 Å². The molecule has 8 nitrogen and oxygen atoms in total. The number of carbonyl (C=O) groups is 1. The van der Waals surface area contributed by atoms with Gasteiger partial charge in [-0.05, 0) is 55.5 Å². The van der Waals surface area contributed by atoms with E-state index in [4.69, 9.17) is 4.98 Å². The lowest BCUT2D eigenvalue weighted by atomic mass is 9.84. The van der Waals surface area contributed by atoms with Gasteiger partial charge in [-0.1, -0.05) is 42.3 Å². The molecule has 0 bridgehead atoms.